The Hall–Kier alpha value is -0.410. The number of rotatable bonds is 7. The molecule has 0 fully saturated rings. The van der Waals surface area contributed by atoms with E-state index in [4.69, 9.17) is 0 Å². The lowest BCUT2D eigenvalue weighted by Crippen LogP contribution is -2.45. The fourth-order valence-corrected chi connectivity index (χ4v) is 2.22. The number of nitrogens with zero attached hydrogens (tertiary/aromatic N) is 2. The van der Waals surface area contributed by atoms with Gasteiger partial charge in [-0.15, -0.1) is 0 Å². The standard InChI is InChI=1S/C12H26N2O/c1-7-14(10(2)8-12(4)15)11(3)9-13(5)6/h10-11H,7-9H2,1-6H3. The van der Waals surface area contributed by atoms with Crippen molar-refractivity contribution in [1.29, 1.82) is 0 Å². The van der Waals surface area contributed by atoms with E-state index < -0.39 is 0 Å². The summed E-state index contributed by atoms with van der Waals surface area (Å²) < 4.78 is 0. The number of hydrogen-bond acceptors (Lipinski definition) is 3. The molecular formula is C12H26N2O. The Bertz CT molecular complexity index is 192. The average Bonchev–Trinajstić information content (AvgIpc) is 2.01. The van der Waals surface area contributed by atoms with Crippen LogP contribution in [0, 0.1) is 0 Å². The van der Waals surface area contributed by atoms with E-state index in [0.717, 1.165) is 13.1 Å². The molecule has 3 nitrogen and oxygen atoms in total. The van der Waals surface area contributed by atoms with Gasteiger partial charge in [0.25, 0.3) is 0 Å². The highest BCUT2D eigenvalue weighted by molar-refractivity contribution is 5.76. The van der Waals surface area contributed by atoms with Crippen molar-refractivity contribution >= 4 is 5.78 Å². The molecule has 3 heteroatoms. The summed E-state index contributed by atoms with van der Waals surface area (Å²) >= 11 is 0. The van der Waals surface area contributed by atoms with Crippen LogP contribution >= 0.6 is 0 Å². The van der Waals surface area contributed by atoms with Crippen molar-refractivity contribution in [3.63, 3.8) is 0 Å². The summed E-state index contributed by atoms with van der Waals surface area (Å²) in [6.07, 6.45) is 0.658. The van der Waals surface area contributed by atoms with E-state index in [-0.39, 0.29) is 5.78 Å². The maximum absolute atomic E-state index is 11.1. The molecule has 0 aliphatic rings. The lowest BCUT2D eigenvalue weighted by atomic mass is 10.1. The van der Waals surface area contributed by atoms with E-state index in [1.165, 1.54) is 0 Å². The van der Waals surface area contributed by atoms with E-state index >= 15 is 0 Å². The number of Topliss-reactive ketones (excluding diaryl/α,β-unsaturated/α-hetero) is 1. The molecule has 0 aromatic carbocycles. The second-order valence-corrected chi connectivity index (χ2v) is 4.70. The Balaban J connectivity index is 4.26. The van der Waals surface area contributed by atoms with Crippen molar-refractivity contribution in [2.24, 2.45) is 0 Å². The molecule has 0 heterocycles. The Kier molecular flexibility index (Phi) is 6.77. The average molecular weight is 214 g/mol. The first-order chi connectivity index (χ1) is 6.88. The highest BCUT2D eigenvalue weighted by Crippen LogP contribution is 2.09. The minimum atomic E-state index is 0.276. The molecule has 2 atom stereocenters. The van der Waals surface area contributed by atoms with Gasteiger partial charge in [-0.1, -0.05) is 6.92 Å². The summed E-state index contributed by atoms with van der Waals surface area (Å²) in [4.78, 5) is 15.7. The van der Waals surface area contributed by atoms with E-state index in [9.17, 15) is 4.79 Å². The van der Waals surface area contributed by atoms with Crippen LogP contribution in [0.3, 0.4) is 0 Å². The Labute approximate surface area is 94.4 Å². The number of likely N-dealkylation sites (N-methyl/N-ethyl adjacent to an activating group) is 2. The zero-order chi connectivity index (χ0) is 12.0. The van der Waals surface area contributed by atoms with Gasteiger partial charge in [-0.2, -0.15) is 0 Å². The molecule has 2 unspecified atom stereocenters. The van der Waals surface area contributed by atoms with Crippen LogP contribution in [0.15, 0.2) is 0 Å². The van der Waals surface area contributed by atoms with Gasteiger partial charge in [0.1, 0.15) is 5.78 Å². The third kappa shape index (κ3) is 5.90. The number of carbonyl (C=O) groups excluding carboxylic acids is 1. The van der Waals surface area contributed by atoms with E-state index in [2.05, 4.69) is 44.7 Å². The molecular weight excluding hydrogens is 188 g/mol. The number of carbonyl (C=O) groups is 1. The van der Waals surface area contributed by atoms with Crippen LogP contribution in [0.2, 0.25) is 0 Å². The van der Waals surface area contributed by atoms with Gasteiger partial charge in [0.05, 0.1) is 0 Å². The van der Waals surface area contributed by atoms with Gasteiger partial charge in [-0.25, -0.2) is 0 Å². The van der Waals surface area contributed by atoms with Crippen LogP contribution in [0.4, 0.5) is 0 Å². The third-order valence-electron chi connectivity index (χ3n) is 2.71. The van der Waals surface area contributed by atoms with Crippen LogP contribution < -0.4 is 0 Å². The summed E-state index contributed by atoms with van der Waals surface area (Å²) in [7, 11) is 4.17. The van der Waals surface area contributed by atoms with Crippen molar-refractivity contribution in [2.45, 2.75) is 46.2 Å². The molecule has 0 saturated carbocycles. The molecule has 0 N–H and O–H groups in total. The van der Waals surface area contributed by atoms with Crippen molar-refractivity contribution in [2.75, 3.05) is 27.2 Å². The maximum atomic E-state index is 11.1. The zero-order valence-electron chi connectivity index (χ0n) is 11.1. The van der Waals surface area contributed by atoms with Crippen LogP contribution in [-0.4, -0.2) is 54.9 Å². The number of ketones is 1. The SMILES string of the molecule is CCN(C(C)CC(C)=O)C(C)CN(C)C. The first-order valence-electron chi connectivity index (χ1n) is 5.78. The molecule has 90 valence electrons. The fourth-order valence-electron chi connectivity index (χ4n) is 2.22. The normalized spacial score (nSPS) is 15.7. The molecule has 0 aliphatic carbocycles. The lowest BCUT2D eigenvalue weighted by molar-refractivity contribution is -0.118. The Morgan fingerprint density at radius 3 is 2.07 bits per heavy atom. The molecule has 0 aliphatic heterocycles. The summed E-state index contributed by atoms with van der Waals surface area (Å²) in [6.45, 7) is 10.2. The van der Waals surface area contributed by atoms with Gasteiger partial charge < -0.3 is 4.90 Å². The highest BCUT2D eigenvalue weighted by Gasteiger charge is 2.19. The summed E-state index contributed by atoms with van der Waals surface area (Å²) in [6, 6.07) is 0.849. The minimum absolute atomic E-state index is 0.276. The lowest BCUT2D eigenvalue weighted by Gasteiger charge is -2.34. The van der Waals surface area contributed by atoms with Crippen LogP contribution in [0.1, 0.15) is 34.1 Å². The minimum Gasteiger partial charge on any atom is -0.308 e. The second-order valence-electron chi connectivity index (χ2n) is 4.70. The summed E-state index contributed by atoms with van der Waals surface area (Å²) in [5.41, 5.74) is 0. The van der Waals surface area contributed by atoms with Crippen molar-refractivity contribution in [3.8, 4) is 0 Å². The van der Waals surface area contributed by atoms with Crippen LogP contribution in [0.5, 0.6) is 0 Å². The van der Waals surface area contributed by atoms with Crippen molar-refractivity contribution in [3.05, 3.63) is 0 Å². The third-order valence-corrected chi connectivity index (χ3v) is 2.71. The van der Waals surface area contributed by atoms with Gasteiger partial charge in [0.2, 0.25) is 0 Å². The molecule has 0 amide bonds. The largest absolute Gasteiger partial charge is 0.308 e. The molecule has 0 aromatic rings. The Morgan fingerprint density at radius 1 is 1.20 bits per heavy atom. The van der Waals surface area contributed by atoms with Gasteiger partial charge in [-0.05, 0) is 41.4 Å². The molecule has 15 heavy (non-hydrogen) atoms. The smallest absolute Gasteiger partial charge is 0.131 e. The second kappa shape index (κ2) is 6.96. The summed E-state index contributed by atoms with van der Waals surface area (Å²) in [5, 5.41) is 0. The zero-order valence-corrected chi connectivity index (χ0v) is 11.1. The molecule has 0 rings (SSSR count). The monoisotopic (exact) mass is 214 g/mol. The Morgan fingerprint density at radius 2 is 1.73 bits per heavy atom. The van der Waals surface area contributed by atoms with Gasteiger partial charge in [0, 0.05) is 25.0 Å². The predicted molar refractivity (Wildman–Crippen MR) is 65.2 cm³/mol. The number of hydrogen-bond donors (Lipinski definition) is 0. The molecule has 0 radical (unpaired) electrons. The topological polar surface area (TPSA) is 23.6 Å². The molecule has 0 bridgehead atoms. The van der Waals surface area contributed by atoms with E-state index in [1.807, 2.05) is 0 Å². The van der Waals surface area contributed by atoms with E-state index in [1.54, 1.807) is 6.92 Å². The predicted octanol–water partition coefficient (Wildman–Crippen LogP) is 1.63. The fraction of sp³-hybridized carbons (Fsp3) is 0.917. The van der Waals surface area contributed by atoms with Gasteiger partial charge >= 0.3 is 0 Å². The van der Waals surface area contributed by atoms with E-state index in [0.29, 0.717) is 18.5 Å². The first-order valence-corrected chi connectivity index (χ1v) is 5.78. The van der Waals surface area contributed by atoms with Crippen molar-refractivity contribution in [1.82, 2.24) is 9.80 Å². The van der Waals surface area contributed by atoms with Gasteiger partial charge in [-0.3, -0.25) is 9.69 Å². The highest BCUT2D eigenvalue weighted by atomic mass is 16.1. The maximum Gasteiger partial charge on any atom is 0.131 e. The first kappa shape index (κ1) is 14.6. The molecule has 0 spiro atoms. The quantitative estimate of drug-likeness (QED) is 0.643. The summed E-state index contributed by atoms with van der Waals surface area (Å²) in [5.74, 6) is 0.276. The molecule has 0 saturated heterocycles. The van der Waals surface area contributed by atoms with Crippen LogP contribution in [-0.2, 0) is 4.79 Å². The molecule has 0 aromatic heterocycles. The van der Waals surface area contributed by atoms with Crippen LogP contribution in [0.25, 0.3) is 0 Å². The van der Waals surface area contributed by atoms with Crippen molar-refractivity contribution < 1.29 is 4.79 Å². The van der Waals surface area contributed by atoms with Gasteiger partial charge in [0.15, 0.2) is 0 Å².